The molecule has 3 amide bonds. The Labute approximate surface area is 141 Å². The number of esters is 1. The minimum absolute atomic E-state index is 0.111. The van der Waals surface area contributed by atoms with Crippen LogP contribution in [0.4, 0.5) is 10.1 Å². The number of hydrogen-bond donors (Lipinski definition) is 0. The van der Waals surface area contributed by atoms with Crippen LogP contribution in [-0.4, -0.2) is 47.1 Å². The first kappa shape index (κ1) is 16.7. The number of amides is 3. The van der Waals surface area contributed by atoms with Gasteiger partial charge in [-0.15, -0.1) is 0 Å². The molecular formula is C16H14FN3O5. The Morgan fingerprint density at radius 3 is 2.40 bits per heavy atom. The SMILES string of the molecule is COC(=O)C1=NN(C(C)=O)C2(CC(=O)N(c3ccc(F)cc3)C2=O)C1. The fourth-order valence-corrected chi connectivity index (χ4v) is 3.09. The minimum Gasteiger partial charge on any atom is -0.464 e. The van der Waals surface area contributed by atoms with Gasteiger partial charge < -0.3 is 4.74 Å². The van der Waals surface area contributed by atoms with Crippen LogP contribution in [0, 0.1) is 5.82 Å². The third-order valence-electron chi connectivity index (χ3n) is 4.18. The Morgan fingerprint density at radius 1 is 1.20 bits per heavy atom. The molecule has 3 rings (SSSR count). The number of methoxy groups -OCH3 is 1. The number of imide groups is 1. The van der Waals surface area contributed by atoms with E-state index in [9.17, 15) is 23.6 Å². The standard InChI is InChI=1S/C16H14FN3O5/c1-9(21)20-16(7-12(18-20)14(23)25-2)8-13(22)19(15(16)24)11-5-3-10(17)4-6-11/h3-6H,7-8H2,1-2H3. The predicted molar refractivity (Wildman–Crippen MR) is 82.8 cm³/mol. The van der Waals surface area contributed by atoms with Crippen molar-refractivity contribution in [2.75, 3.05) is 12.0 Å². The Balaban J connectivity index is 2.01. The molecule has 0 aromatic heterocycles. The number of rotatable bonds is 2. The number of hydrogen-bond acceptors (Lipinski definition) is 6. The second-order valence-electron chi connectivity index (χ2n) is 5.76. The van der Waals surface area contributed by atoms with E-state index >= 15 is 0 Å². The van der Waals surface area contributed by atoms with E-state index in [1.54, 1.807) is 0 Å². The smallest absolute Gasteiger partial charge is 0.354 e. The highest BCUT2D eigenvalue weighted by Crippen LogP contribution is 2.40. The number of carbonyl (C=O) groups excluding carboxylic acids is 4. The second-order valence-corrected chi connectivity index (χ2v) is 5.76. The van der Waals surface area contributed by atoms with Gasteiger partial charge in [-0.2, -0.15) is 5.10 Å². The van der Waals surface area contributed by atoms with Crippen molar-refractivity contribution < 1.29 is 28.3 Å². The maximum atomic E-state index is 13.1. The van der Waals surface area contributed by atoms with Gasteiger partial charge in [0.25, 0.3) is 5.91 Å². The average Bonchev–Trinajstić information content (AvgIpc) is 3.07. The van der Waals surface area contributed by atoms with E-state index in [0.29, 0.717) is 0 Å². The van der Waals surface area contributed by atoms with Crippen LogP contribution in [0.1, 0.15) is 19.8 Å². The molecule has 1 fully saturated rings. The van der Waals surface area contributed by atoms with Crippen LogP contribution in [0.3, 0.4) is 0 Å². The molecule has 1 saturated heterocycles. The summed E-state index contributed by atoms with van der Waals surface area (Å²) in [6, 6.07) is 4.82. The molecule has 2 heterocycles. The topological polar surface area (TPSA) is 96.3 Å². The Morgan fingerprint density at radius 2 is 1.84 bits per heavy atom. The number of halogens is 1. The van der Waals surface area contributed by atoms with E-state index in [2.05, 4.69) is 9.84 Å². The number of anilines is 1. The van der Waals surface area contributed by atoms with Gasteiger partial charge in [0, 0.05) is 13.3 Å². The number of hydrazone groups is 1. The zero-order valence-corrected chi connectivity index (χ0v) is 13.5. The van der Waals surface area contributed by atoms with Crippen molar-refractivity contribution in [3.8, 4) is 0 Å². The minimum atomic E-state index is -1.60. The molecule has 1 aromatic rings. The van der Waals surface area contributed by atoms with E-state index in [4.69, 9.17) is 0 Å². The van der Waals surface area contributed by atoms with Crippen molar-refractivity contribution in [3.63, 3.8) is 0 Å². The number of ether oxygens (including phenoxy) is 1. The van der Waals surface area contributed by atoms with Crippen LogP contribution in [0.15, 0.2) is 29.4 Å². The normalized spacial score (nSPS) is 22.6. The van der Waals surface area contributed by atoms with Gasteiger partial charge in [0.15, 0.2) is 5.54 Å². The number of benzene rings is 1. The van der Waals surface area contributed by atoms with Gasteiger partial charge >= 0.3 is 5.97 Å². The third kappa shape index (κ3) is 2.48. The van der Waals surface area contributed by atoms with Gasteiger partial charge in [-0.05, 0) is 24.3 Å². The van der Waals surface area contributed by atoms with Crippen molar-refractivity contribution in [1.29, 1.82) is 0 Å². The summed E-state index contributed by atoms with van der Waals surface area (Å²) in [5.74, 6) is -3.13. The summed E-state index contributed by atoms with van der Waals surface area (Å²) in [5, 5.41) is 4.75. The van der Waals surface area contributed by atoms with E-state index in [1.165, 1.54) is 19.1 Å². The molecule has 1 atom stereocenters. The molecule has 130 valence electrons. The molecule has 8 nitrogen and oxygen atoms in total. The Bertz CT molecular complexity index is 820. The maximum absolute atomic E-state index is 13.1. The highest BCUT2D eigenvalue weighted by atomic mass is 19.1. The zero-order valence-electron chi connectivity index (χ0n) is 13.5. The van der Waals surface area contributed by atoms with E-state index in [-0.39, 0.29) is 24.2 Å². The molecule has 0 radical (unpaired) electrons. The third-order valence-corrected chi connectivity index (χ3v) is 4.18. The van der Waals surface area contributed by atoms with Crippen LogP contribution in [0.25, 0.3) is 0 Å². The summed E-state index contributed by atoms with van der Waals surface area (Å²) in [5.41, 5.74) is -1.52. The molecule has 1 unspecified atom stereocenters. The van der Waals surface area contributed by atoms with Crippen molar-refractivity contribution >= 4 is 35.1 Å². The summed E-state index contributed by atoms with van der Waals surface area (Å²) in [6.45, 7) is 1.18. The molecule has 0 bridgehead atoms. The molecular weight excluding hydrogens is 333 g/mol. The lowest BCUT2D eigenvalue weighted by molar-refractivity contribution is -0.141. The molecule has 1 aromatic carbocycles. The van der Waals surface area contributed by atoms with Crippen LogP contribution >= 0.6 is 0 Å². The molecule has 25 heavy (non-hydrogen) atoms. The molecule has 9 heteroatoms. The average molecular weight is 347 g/mol. The van der Waals surface area contributed by atoms with Gasteiger partial charge in [0.1, 0.15) is 11.5 Å². The van der Waals surface area contributed by atoms with Crippen molar-refractivity contribution in [3.05, 3.63) is 30.1 Å². The first-order valence-corrected chi connectivity index (χ1v) is 7.40. The summed E-state index contributed by atoms with van der Waals surface area (Å²) >= 11 is 0. The largest absolute Gasteiger partial charge is 0.464 e. The zero-order chi connectivity index (χ0) is 18.4. The summed E-state index contributed by atoms with van der Waals surface area (Å²) in [6.07, 6.45) is -0.547. The van der Waals surface area contributed by atoms with Gasteiger partial charge in [-0.1, -0.05) is 0 Å². The van der Waals surface area contributed by atoms with Crippen LogP contribution in [0.5, 0.6) is 0 Å². The van der Waals surface area contributed by atoms with Crippen molar-refractivity contribution in [2.24, 2.45) is 5.10 Å². The van der Waals surface area contributed by atoms with Crippen LogP contribution < -0.4 is 4.90 Å². The number of carbonyl (C=O) groups is 4. The predicted octanol–water partition coefficient (Wildman–Crippen LogP) is 0.609. The van der Waals surface area contributed by atoms with Crippen molar-refractivity contribution in [1.82, 2.24) is 5.01 Å². The molecule has 0 saturated carbocycles. The molecule has 0 N–H and O–H groups in total. The van der Waals surface area contributed by atoms with E-state index in [1.807, 2.05) is 0 Å². The second kappa shape index (κ2) is 5.76. The molecule has 1 spiro atoms. The lowest BCUT2D eigenvalue weighted by Crippen LogP contribution is -2.51. The lowest BCUT2D eigenvalue weighted by Gasteiger charge is -2.28. The van der Waals surface area contributed by atoms with Gasteiger partial charge in [0.2, 0.25) is 11.8 Å². The fraction of sp³-hybridized carbons (Fsp3) is 0.312. The molecule has 0 aliphatic carbocycles. The lowest BCUT2D eigenvalue weighted by atomic mass is 9.91. The Kier molecular flexibility index (Phi) is 3.86. The highest BCUT2D eigenvalue weighted by molar-refractivity contribution is 6.39. The monoisotopic (exact) mass is 347 g/mol. The van der Waals surface area contributed by atoms with Gasteiger partial charge in [-0.25, -0.2) is 19.1 Å². The van der Waals surface area contributed by atoms with E-state index < -0.39 is 35.0 Å². The number of nitrogens with zero attached hydrogens (tertiary/aromatic N) is 3. The van der Waals surface area contributed by atoms with Crippen LogP contribution in [-0.2, 0) is 23.9 Å². The highest BCUT2D eigenvalue weighted by Gasteiger charge is 2.61. The van der Waals surface area contributed by atoms with Crippen LogP contribution in [0.2, 0.25) is 0 Å². The van der Waals surface area contributed by atoms with Gasteiger partial charge in [0.05, 0.1) is 19.2 Å². The van der Waals surface area contributed by atoms with Crippen molar-refractivity contribution in [2.45, 2.75) is 25.3 Å². The molecule has 2 aliphatic heterocycles. The quantitative estimate of drug-likeness (QED) is 0.577. The summed E-state index contributed by atoms with van der Waals surface area (Å²) < 4.78 is 17.7. The summed E-state index contributed by atoms with van der Waals surface area (Å²) in [4.78, 5) is 50.0. The maximum Gasteiger partial charge on any atom is 0.354 e. The first-order chi connectivity index (χ1) is 11.8. The van der Waals surface area contributed by atoms with Gasteiger partial charge in [-0.3, -0.25) is 14.4 Å². The first-order valence-electron chi connectivity index (χ1n) is 7.40. The molecule has 2 aliphatic rings. The Hall–Kier alpha value is -3.10. The summed E-state index contributed by atoms with van der Waals surface area (Å²) in [7, 11) is 1.15. The fourth-order valence-electron chi connectivity index (χ4n) is 3.09. The van der Waals surface area contributed by atoms with E-state index in [0.717, 1.165) is 29.2 Å².